The van der Waals surface area contributed by atoms with Crippen molar-refractivity contribution in [2.45, 2.75) is 33.2 Å². The molecular formula is C16H22BrNO2. The Morgan fingerprint density at radius 2 is 1.95 bits per heavy atom. The summed E-state index contributed by atoms with van der Waals surface area (Å²) in [4.78, 5) is 13.9. The molecule has 1 heterocycles. The topological polar surface area (TPSA) is 29.5 Å². The third kappa shape index (κ3) is 3.61. The van der Waals surface area contributed by atoms with Crippen LogP contribution in [-0.2, 0) is 16.1 Å². The van der Waals surface area contributed by atoms with Crippen molar-refractivity contribution in [3.8, 4) is 0 Å². The first-order valence-electron chi connectivity index (χ1n) is 7.07. The van der Waals surface area contributed by atoms with Gasteiger partial charge in [-0.2, -0.15) is 0 Å². The number of methoxy groups -OCH3 is 1. The van der Waals surface area contributed by atoms with Crippen LogP contribution in [0.5, 0.6) is 0 Å². The lowest BCUT2D eigenvalue weighted by atomic mass is 9.96. The van der Waals surface area contributed by atoms with Crippen molar-refractivity contribution in [3.05, 3.63) is 33.3 Å². The van der Waals surface area contributed by atoms with Crippen LogP contribution < -0.4 is 0 Å². The van der Waals surface area contributed by atoms with E-state index in [9.17, 15) is 4.79 Å². The Bertz CT molecular complexity index is 493. The van der Waals surface area contributed by atoms with Gasteiger partial charge in [-0.15, -0.1) is 0 Å². The summed E-state index contributed by atoms with van der Waals surface area (Å²) in [7, 11) is 1.47. The number of carbonyl (C=O) groups excluding carboxylic acids is 1. The van der Waals surface area contributed by atoms with Gasteiger partial charge in [0, 0.05) is 11.0 Å². The number of piperidine rings is 1. The monoisotopic (exact) mass is 339 g/mol. The second-order valence-electron chi connectivity index (χ2n) is 5.60. The predicted molar refractivity (Wildman–Crippen MR) is 83.6 cm³/mol. The molecule has 1 aliphatic heterocycles. The van der Waals surface area contributed by atoms with Crippen molar-refractivity contribution in [1.29, 1.82) is 0 Å². The number of nitrogens with zero attached hydrogens (tertiary/aromatic N) is 1. The minimum absolute atomic E-state index is 0.0553. The first kappa shape index (κ1) is 15.5. The van der Waals surface area contributed by atoms with Crippen molar-refractivity contribution in [2.75, 3.05) is 20.2 Å². The molecule has 0 N–H and O–H groups in total. The van der Waals surface area contributed by atoms with E-state index >= 15 is 0 Å². The fraction of sp³-hybridized carbons (Fsp3) is 0.562. The Hall–Kier alpha value is -0.870. The lowest BCUT2D eigenvalue weighted by Gasteiger charge is -2.31. The Morgan fingerprint density at radius 1 is 1.30 bits per heavy atom. The van der Waals surface area contributed by atoms with Gasteiger partial charge in [0.2, 0.25) is 0 Å². The van der Waals surface area contributed by atoms with E-state index in [-0.39, 0.29) is 11.9 Å². The molecule has 0 aliphatic carbocycles. The third-order valence-corrected chi connectivity index (χ3v) is 4.99. The normalized spacial score (nSPS) is 17.2. The molecule has 0 amide bonds. The lowest BCUT2D eigenvalue weighted by Crippen LogP contribution is -2.36. The highest BCUT2D eigenvalue weighted by atomic mass is 79.9. The zero-order valence-electron chi connectivity index (χ0n) is 12.4. The van der Waals surface area contributed by atoms with Crippen molar-refractivity contribution < 1.29 is 9.53 Å². The number of aryl methyl sites for hydroxylation is 2. The van der Waals surface area contributed by atoms with Gasteiger partial charge in [-0.25, -0.2) is 0 Å². The van der Waals surface area contributed by atoms with Gasteiger partial charge in [-0.05, 0) is 62.5 Å². The van der Waals surface area contributed by atoms with Crippen LogP contribution in [0.3, 0.4) is 0 Å². The quantitative estimate of drug-likeness (QED) is 0.790. The number of carbonyl (C=O) groups is 1. The molecule has 20 heavy (non-hydrogen) atoms. The van der Waals surface area contributed by atoms with Crippen LogP contribution >= 0.6 is 15.9 Å². The van der Waals surface area contributed by atoms with E-state index in [1.807, 2.05) is 0 Å². The minimum Gasteiger partial charge on any atom is -0.469 e. The average molecular weight is 340 g/mol. The van der Waals surface area contributed by atoms with E-state index in [2.05, 4.69) is 46.8 Å². The van der Waals surface area contributed by atoms with E-state index in [1.165, 1.54) is 28.3 Å². The van der Waals surface area contributed by atoms with Gasteiger partial charge < -0.3 is 4.74 Å². The summed E-state index contributed by atoms with van der Waals surface area (Å²) in [5.41, 5.74) is 3.97. The molecule has 0 spiro atoms. The van der Waals surface area contributed by atoms with E-state index in [0.717, 1.165) is 32.5 Å². The molecule has 2 rings (SSSR count). The predicted octanol–water partition coefficient (Wildman–Crippen LogP) is 3.45. The maximum atomic E-state index is 11.5. The molecule has 0 atom stereocenters. The molecule has 1 fully saturated rings. The fourth-order valence-electron chi connectivity index (χ4n) is 2.75. The largest absolute Gasteiger partial charge is 0.469 e. The summed E-state index contributed by atoms with van der Waals surface area (Å²) in [6.45, 7) is 7.17. The molecule has 1 saturated heterocycles. The van der Waals surface area contributed by atoms with Crippen LogP contribution in [0.25, 0.3) is 0 Å². The minimum atomic E-state index is -0.0553. The van der Waals surface area contributed by atoms with Crippen LogP contribution in [0.1, 0.15) is 29.5 Å². The number of rotatable bonds is 3. The number of hydrogen-bond acceptors (Lipinski definition) is 3. The van der Waals surface area contributed by atoms with Crippen LogP contribution in [-0.4, -0.2) is 31.1 Å². The van der Waals surface area contributed by atoms with Crippen molar-refractivity contribution in [1.82, 2.24) is 4.90 Å². The van der Waals surface area contributed by atoms with Crippen LogP contribution in [0.4, 0.5) is 0 Å². The first-order chi connectivity index (χ1) is 9.51. The second kappa shape index (κ2) is 6.72. The Morgan fingerprint density at radius 3 is 2.55 bits per heavy atom. The third-order valence-electron chi connectivity index (χ3n) is 4.13. The van der Waals surface area contributed by atoms with Gasteiger partial charge in [-0.1, -0.05) is 22.0 Å². The molecule has 0 bridgehead atoms. The van der Waals surface area contributed by atoms with Gasteiger partial charge >= 0.3 is 5.97 Å². The van der Waals surface area contributed by atoms with Crippen LogP contribution in [0.2, 0.25) is 0 Å². The molecule has 0 unspecified atom stereocenters. The Balaban J connectivity index is 1.96. The first-order valence-corrected chi connectivity index (χ1v) is 7.86. The molecule has 4 heteroatoms. The van der Waals surface area contributed by atoms with Crippen molar-refractivity contribution in [3.63, 3.8) is 0 Å². The maximum absolute atomic E-state index is 11.5. The highest BCUT2D eigenvalue weighted by Crippen LogP contribution is 2.24. The van der Waals surface area contributed by atoms with Gasteiger partial charge in [0.15, 0.2) is 0 Å². The molecule has 0 aromatic heterocycles. The van der Waals surface area contributed by atoms with E-state index in [4.69, 9.17) is 4.74 Å². The number of esters is 1. The van der Waals surface area contributed by atoms with Crippen molar-refractivity contribution >= 4 is 21.9 Å². The number of benzene rings is 1. The number of hydrogen-bond donors (Lipinski definition) is 0. The molecule has 110 valence electrons. The molecule has 3 nitrogen and oxygen atoms in total. The Kier molecular flexibility index (Phi) is 5.22. The highest BCUT2D eigenvalue weighted by Gasteiger charge is 2.25. The molecule has 0 radical (unpaired) electrons. The van der Waals surface area contributed by atoms with Gasteiger partial charge in [0.05, 0.1) is 13.0 Å². The van der Waals surface area contributed by atoms with Gasteiger partial charge in [0.1, 0.15) is 0 Å². The average Bonchev–Trinajstić information content (AvgIpc) is 2.44. The van der Waals surface area contributed by atoms with Gasteiger partial charge in [-0.3, -0.25) is 9.69 Å². The number of likely N-dealkylation sites (tertiary alicyclic amines) is 1. The lowest BCUT2D eigenvalue weighted by molar-refractivity contribution is -0.147. The Labute approximate surface area is 129 Å². The van der Waals surface area contributed by atoms with Crippen LogP contribution in [0, 0.1) is 19.8 Å². The van der Waals surface area contributed by atoms with Gasteiger partial charge in [0.25, 0.3) is 0 Å². The molecule has 1 aromatic rings. The summed E-state index contributed by atoms with van der Waals surface area (Å²) in [6, 6.07) is 4.44. The molecule has 1 aromatic carbocycles. The second-order valence-corrected chi connectivity index (χ2v) is 6.46. The van der Waals surface area contributed by atoms with Crippen LogP contribution in [0.15, 0.2) is 16.6 Å². The zero-order chi connectivity index (χ0) is 14.7. The molecule has 0 saturated carbocycles. The van der Waals surface area contributed by atoms with E-state index in [0.29, 0.717) is 0 Å². The summed E-state index contributed by atoms with van der Waals surface area (Å²) in [5, 5.41) is 0. The number of ether oxygens (including phenoxy) is 1. The smallest absolute Gasteiger partial charge is 0.308 e. The van der Waals surface area contributed by atoms with E-state index in [1.54, 1.807) is 0 Å². The molecular weight excluding hydrogens is 318 g/mol. The number of halogens is 1. The summed E-state index contributed by atoms with van der Waals surface area (Å²) >= 11 is 3.57. The highest BCUT2D eigenvalue weighted by molar-refractivity contribution is 9.10. The van der Waals surface area contributed by atoms with Crippen molar-refractivity contribution in [2.24, 2.45) is 5.92 Å². The van der Waals surface area contributed by atoms with E-state index < -0.39 is 0 Å². The summed E-state index contributed by atoms with van der Waals surface area (Å²) in [6.07, 6.45) is 1.81. The summed E-state index contributed by atoms with van der Waals surface area (Å²) in [5.74, 6) is 0.0318. The standard InChI is InChI=1S/C16H22BrNO2/c1-11-9-15(17)12(2)8-14(11)10-18-6-4-13(5-7-18)16(19)20-3/h8-9,13H,4-7,10H2,1-3H3. The maximum Gasteiger partial charge on any atom is 0.308 e. The fourth-order valence-corrected chi connectivity index (χ4v) is 3.20. The zero-order valence-corrected chi connectivity index (χ0v) is 14.0. The molecule has 1 aliphatic rings. The summed E-state index contributed by atoms with van der Waals surface area (Å²) < 4.78 is 6.00. The SMILES string of the molecule is COC(=O)C1CCN(Cc2cc(C)c(Br)cc2C)CC1.